The van der Waals surface area contributed by atoms with Crippen molar-refractivity contribution in [2.75, 3.05) is 5.32 Å². The van der Waals surface area contributed by atoms with Crippen LogP contribution in [0.4, 0.5) is 14.5 Å². The maximum atomic E-state index is 12.9. The van der Waals surface area contributed by atoms with Gasteiger partial charge in [-0.05, 0) is 43.5 Å². The predicted octanol–water partition coefficient (Wildman–Crippen LogP) is 3.58. The number of amides is 2. The Morgan fingerprint density at radius 3 is 2.60 bits per heavy atom. The first-order chi connectivity index (χ1) is 11.8. The Morgan fingerprint density at radius 2 is 2.04 bits per heavy atom. The van der Waals surface area contributed by atoms with E-state index in [0.29, 0.717) is 10.0 Å². The summed E-state index contributed by atoms with van der Waals surface area (Å²) in [5.74, 6) is -1.32. The Labute approximate surface area is 150 Å². The number of carbonyl (C=O) groups excluding carboxylic acids is 2. The van der Waals surface area contributed by atoms with Crippen molar-refractivity contribution in [1.82, 2.24) is 9.78 Å². The number of anilines is 1. The Balaban J connectivity index is 1.97. The molecule has 1 aromatic carbocycles. The van der Waals surface area contributed by atoms with E-state index in [4.69, 9.17) is 5.73 Å². The van der Waals surface area contributed by atoms with Gasteiger partial charge in [-0.15, -0.1) is 0 Å². The number of hydrogen-bond acceptors (Lipinski definition) is 3. The molecule has 0 atom stereocenters. The number of nitrogens with one attached hydrogen (secondary N) is 1. The molecular formula is C16H15BrF2N4O2. The number of benzene rings is 1. The fourth-order valence-corrected chi connectivity index (χ4v) is 3.14. The molecular weight excluding hydrogens is 398 g/mol. The third kappa shape index (κ3) is 3.55. The Bertz CT molecular complexity index is 862. The zero-order chi connectivity index (χ0) is 18.3. The molecule has 3 N–H and O–H groups in total. The average molecular weight is 413 g/mol. The van der Waals surface area contributed by atoms with Gasteiger partial charge in [0.1, 0.15) is 11.4 Å². The SMILES string of the molecule is Cc1cc(Br)cc(C(N)=O)c1NC(=O)c1cc(C(F)F)nn1C1CC1. The Kier molecular flexibility index (Phi) is 4.59. The van der Waals surface area contributed by atoms with Crippen molar-refractivity contribution in [3.05, 3.63) is 45.2 Å². The monoisotopic (exact) mass is 412 g/mol. The van der Waals surface area contributed by atoms with E-state index in [2.05, 4.69) is 26.3 Å². The highest BCUT2D eigenvalue weighted by molar-refractivity contribution is 9.10. The second-order valence-electron chi connectivity index (χ2n) is 5.89. The van der Waals surface area contributed by atoms with Crippen molar-refractivity contribution in [3.8, 4) is 0 Å². The molecule has 1 fully saturated rings. The van der Waals surface area contributed by atoms with Crippen molar-refractivity contribution >= 4 is 33.4 Å². The summed E-state index contributed by atoms with van der Waals surface area (Å²) >= 11 is 3.27. The first-order valence-electron chi connectivity index (χ1n) is 7.56. The molecule has 3 rings (SSSR count). The van der Waals surface area contributed by atoms with E-state index in [1.165, 1.54) is 10.7 Å². The highest BCUT2D eigenvalue weighted by Gasteiger charge is 2.31. The lowest BCUT2D eigenvalue weighted by atomic mass is 10.1. The van der Waals surface area contributed by atoms with Crippen molar-refractivity contribution in [2.45, 2.75) is 32.2 Å². The van der Waals surface area contributed by atoms with Crippen LogP contribution in [0.3, 0.4) is 0 Å². The van der Waals surface area contributed by atoms with Crippen LogP contribution in [0, 0.1) is 6.92 Å². The summed E-state index contributed by atoms with van der Waals surface area (Å²) in [6.45, 7) is 1.70. The predicted molar refractivity (Wildman–Crippen MR) is 90.8 cm³/mol. The minimum atomic E-state index is -2.76. The average Bonchev–Trinajstić information content (AvgIpc) is 3.27. The second kappa shape index (κ2) is 6.55. The number of aromatic nitrogens is 2. The van der Waals surface area contributed by atoms with E-state index < -0.39 is 23.9 Å². The normalized spacial score (nSPS) is 14.0. The molecule has 1 aliphatic rings. The minimum Gasteiger partial charge on any atom is -0.366 e. The maximum Gasteiger partial charge on any atom is 0.282 e. The number of rotatable bonds is 5. The number of hydrogen-bond donors (Lipinski definition) is 2. The van der Waals surface area contributed by atoms with Crippen molar-refractivity contribution < 1.29 is 18.4 Å². The van der Waals surface area contributed by atoms with Crippen molar-refractivity contribution in [3.63, 3.8) is 0 Å². The first kappa shape index (κ1) is 17.5. The van der Waals surface area contributed by atoms with Crippen LogP contribution < -0.4 is 11.1 Å². The summed E-state index contributed by atoms with van der Waals surface area (Å²) in [5, 5.41) is 6.45. The number of carbonyl (C=O) groups is 2. The molecule has 132 valence electrons. The minimum absolute atomic E-state index is 0.0375. The van der Waals surface area contributed by atoms with Gasteiger partial charge in [0.2, 0.25) is 0 Å². The van der Waals surface area contributed by atoms with Crippen LogP contribution in [0.15, 0.2) is 22.7 Å². The molecule has 0 saturated heterocycles. The summed E-state index contributed by atoms with van der Waals surface area (Å²) in [7, 11) is 0. The van der Waals surface area contributed by atoms with Gasteiger partial charge in [0.05, 0.1) is 17.3 Å². The molecule has 25 heavy (non-hydrogen) atoms. The number of primary amides is 1. The molecule has 6 nitrogen and oxygen atoms in total. The zero-order valence-corrected chi connectivity index (χ0v) is 14.8. The highest BCUT2D eigenvalue weighted by Crippen LogP contribution is 2.37. The van der Waals surface area contributed by atoms with Crippen LogP contribution in [-0.2, 0) is 0 Å². The van der Waals surface area contributed by atoms with Gasteiger partial charge in [0.15, 0.2) is 0 Å². The molecule has 0 unspecified atom stereocenters. The fourth-order valence-electron chi connectivity index (χ4n) is 2.57. The lowest BCUT2D eigenvalue weighted by molar-refractivity contribution is 0.100. The number of nitrogens with zero attached hydrogens (tertiary/aromatic N) is 2. The second-order valence-corrected chi connectivity index (χ2v) is 6.81. The van der Waals surface area contributed by atoms with E-state index >= 15 is 0 Å². The lowest BCUT2D eigenvalue weighted by Crippen LogP contribution is -2.21. The highest BCUT2D eigenvalue weighted by atomic mass is 79.9. The molecule has 0 spiro atoms. The number of halogens is 3. The van der Waals surface area contributed by atoms with Gasteiger partial charge < -0.3 is 11.1 Å². The van der Waals surface area contributed by atoms with Crippen molar-refractivity contribution in [2.24, 2.45) is 5.73 Å². The molecule has 0 bridgehead atoms. The summed E-state index contributed by atoms with van der Waals surface area (Å²) in [6, 6.07) is 4.24. The molecule has 0 radical (unpaired) electrons. The summed E-state index contributed by atoms with van der Waals surface area (Å²) in [6.07, 6.45) is -1.19. The van der Waals surface area contributed by atoms with E-state index in [0.717, 1.165) is 18.9 Å². The van der Waals surface area contributed by atoms with Gasteiger partial charge in [-0.2, -0.15) is 5.10 Å². The van der Waals surface area contributed by atoms with E-state index in [9.17, 15) is 18.4 Å². The summed E-state index contributed by atoms with van der Waals surface area (Å²) in [5.41, 5.74) is 5.96. The van der Waals surface area contributed by atoms with Gasteiger partial charge in [0, 0.05) is 4.47 Å². The number of alkyl halides is 2. The van der Waals surface area contributed by atoms with E-state index in [1.54, 1.807) is 13.0 Å². The number of aryl methyl sites for hydroxylation is 1. The van der Waals surface area contributed by atoms with E-state index in [-0.39, 0.29) is 23.0 Å². The summed E-state index contributed by atoms with van der Waals surface area (Å²) < 4.78 is 27.8. The Morgan fingerprint density at radius 1 is 1.36 bits per heavy atom. The standard InChI is InChI=1S/C16H15BrF2N4O2/c1-7-4-8(17)5-10(15(20)24)13(7)21-16(25)12-6-11(14(18)19)22-23(12)9-2-3-9/h4-6,9,14H,2-3H2,1H3,(H2,20,24)(H,21,25). The first-order valence-corrected chi connectivity index (χ1v) is 8.36. The molecule has 1 aliphatic carbocycles. The molecule has 2 aromatic rings. The van der Waals surface area contributed by atoms with E-state index in [1.807, 2.05) is 0 Å². The van der Waals surface area contributed by atoms with Crippen molar-refractivity contribution in [1.29, 1.82) is 0 Å². The number of nitrogens with two attached hydrogens (primary N) is 1. The smallest absolute Gasteiger partial charge is 0.282 e. The van der Waals surface area contributed by atoms with Gasteiger partial charge in [-0.3, -0.25) is 14.3 Å². The third-order valence-corrected chi connectivity index (χ3v) is 4.37. The van der Waals surface area contributed by atoms with Crippen LogP contribution in [0.2, 0.25) is 0 Å². The fraction of sp³-hybridized carbons (Fsp3) is 0.312. The van der Waals surface area contributed by atoms with Gasteiger partial charge >= 0.3 is 0 Å². The van der Waals surface area contributed by atoms with Crippen LogP contribution in [0.5, 0.6) is 0 Å². The molecule has 1 saturated carbocycles. The quantitative estimate of drug-likeness (QED) is 0.785. The zero-order valence-electron chi connectivity index (χ0n) is 13.2. The largest absolute Gasteiger partial charge is 0.366 e. The molecule has 2 amide bonds. The molecule has 1 heterocycles. The van der Waals surface area contributed by atoms with Gasteiger partial charge in [-0.25, -0.2) is 8.78 Å². The Hall–Kier alpha value is -2.29. The molecule has 1 aromatic heterocycles. The maximum absolute atomic E-state index is 12.9. The van der Waals surface area contributed by atoms with Crippen LogP contribution in [-0.4, -0.2) is 21.6 Å². The molecule has 0 aliphatic heterocycles. The lowest BCUT2D eigenvalue weighted by Gasteiger charge is -2.13. The van der Waals surface area contributed by atoms with Crippen LogP contribution in [0.25, 0.3) is 0 Å². The van der Waals surface area contributed by atoms with Crippen LogP contribution >= 0.6 is 15.9 Å². The van der Waals surface area contributed by atoms with Gasteiger partial charge in [-0.1, -0.05) is 15.9 Å². The summed E-state index contributed by atoms with van der Waals surface area (Å²) in [4.78, 5) is 24.3. The van der Waals surface area contributed by atoms with Gasteiger partial charge in [0.25, 0.3) is 18.2 Å². The van der Waals surface area contributed by atoms with Crippen LogP contribution in [0.1, 0.15) is 57.4 Å². The molecule has 9 heteroatoms. The topological polar surface area (TPSA) is 90.0 Å². The third-order valence-electron chi connectivity index (χ3n) is 3.91.